The largest absolute Gasteiger partial charge is 0.389 e. The normalized spacial score (nSPS) is 19.5. The lowest BCUT2D eigenvalue weighted by atomic mass is 9.80. The summed E-state index contributed by atoms with van der Waals surface area (Å²) in [7, 11) is 0. The van der Waals surface area contributed by atoms with Crippen LogP contribution in [0.4, 0.5) is 0 Å². The van der Waals surface area contributed by atoms with E-state index in [0.717, 1.165) is 30.8 Å². The number of piperazine rings is 1. The van der Waals surface area contributed by atoms with E-state index in [1.807, 2.05) is 66.4 Å². The fourth-order valence-corrected chi connectivity index (χ4v) is 4.47. The van der Waals surface area contributed by atoms with E-state index >= 15 is 0 Å². The first-order valence-electron chi connectivity index (χ1n) is 11.6. The first-order chi connectivity index (χ1) is 16.0. The minimum atomic E-state index is -0.0858. The van der Waals surface area contributed by atoms with Gasteiger partial charge in [0.2, 0.25) is 0 Å². The minimum absolute atomic E-state index is 0.0300. The Morgan fingerprint density at radius 3 is 2.21 bits per heavy atom. The lowest BCUT2D eigenvalue weighted by Gasteiger charge is -2.34. The molecule has 0 bridgehead atoms. The molecule has 1 N–H and O–H groups in total. The van der Waals surface area contributed by atoms with Gasteiger partial charge in [-0.2, -0.15) is 0 Å². The molecule has 2 fully saturated rings. The maximum absolute atomic E-state index is 12.6. The van der Waals surface area contributed by atoms with Gasteiger partial charge in [0.1, 0.15) is 0 Å². The van der Waals surface area contributed by atoms with Crippen LogP contribution in [0.15, 0.2) is 66.4 Å². The van der Waals surface area contributed by atoms with Gasteiger partial charge < -0.3 is 10.2 Å². The molecule has 0 atom stereocenters. The molecule has 0 aromatic heterocycles. The number of nitrogens with one attached hydrogen (secondary N) is 1. The number of nitrogens with zero attached hydrogens (tertiary/aromatic N) is 2. The number of benzene rings is 2. The zero-order chi connectivity index (χ0) is 23.2. The van der Waals surface area contributed by atoms with E-state index in [1.165, 1.54) is 5.56 Å². The molecule has 2 aromatic rings. The third-order valence-corrected chi connectivity index (χ3v) is 6.51. The molecule has 2 aromatic carbocycles. The number of allylic oxidation sites excluding steroid dienone is 1. The summed E-state index contributed by atoms with van der Waals surface area (Å²) < 4.78 is 0. The third kappa shape index (κ3) is 5.76. The Balaban J connectivity index is 1.21. The third-order valence-electron chi connectivity index (χ3n) is 6.51. The second-order valence-corrected chi connectivity index (χ2v) is 8.87. The summed E-state index contributed by atoms with van der Waals surface area (Å²) in [6.07, 6.45) is 2.35. The Bertz CT molecular complexity index is 1000. The molecule has 1 aliphatic heterocycles. The standard InChI is InChI=1S/C27H31N3O3/c1-20-7-9-21(10-8-20)23-17-25(31)24(26(32)18-23)19-28-11-12-29-13-15-30(16-14-29)27(33)22-5-3-2-4-6-22/h2-10,19,23,28H,11-18H2,1H3. The summed E-state index contributed by atoms with van der Waals surface area (Å²) in [6, 6.07) is 17.5. The number of Topliss-reactive ketones (excluding diaryl/α,β-unsaturated/α-hetero) is 2. The van der Waals surface area contributed by atoms with E-state index in [1.54, 1.807) is 6.20 Å². The van der Waals surface area contributed by atoms with Crippen molar-refractivity contribution >= 4 is 17.5 Å². The maximum Gasteiger partial charge on any atom is 0.253 e. The Morgan fingerprint density at radius 2 is 1.58 bits per heavy atom. The van der Waals surface area contributed by atoms with Gasteiger partial charge in [-0.25, -0.2) is 0 Å². The van der Waals surface area contributed by atoms with Crippen molar-refractivity contribution in [3.63, 3.8) is 0 Å². The van der Waals surface area contributed by atoms with Gasteiger partial charge in [-0.3, -0.25) is 19.3 Å². The number of hydrogen-bond donors (Lipinski definition) is 1. The summed E-state index contributed by atoms with van der Waals surface area (Å²) in [6.45, 7) is 6.50. The molecule has 1 saturated heterocycles. The summed E-state index contributed by atoms with van der Waals surface area (Å²) in [4.78, 5) is 41.9. The van der Waals surface area contributed by atoms with Crippen molar-refractivity contribution in [3.8, 4) is 0 Å². The average molecular weight is 446 g/mol. The van der Waals surface area contributed by atoms with Crippen LogP contribution in [0, 0.1) is 6.92 Å². The van der Waals surface area contributed by atoms with Crippen molar-refractivity contribution in [3.05, 3.63) is 83.1 Å². The molecule has 4 rings (SSSR count). The number of hydrogen-bond acceptors (Lipinski definition) is 5. The minimum Gasteiger partial charge on any atom is -0.389 e. The molecule has 33 heavy (non-hydrogen) atoms. The highest BCUT2D eigenvalue weighted by molar-refractivity contribution is 6.22. The number of rotatable bonds is 6. The van der Waals surface area contributed by atoms with Gasteiger partial charge in [-0.05, 0) is 30.5 Å². The first-order valence-corrected chi connectivity index (χ1v) is 11.6. The molecule has 172 valence electrons. The van der Waals surface area contributed by atoms with E-state index in [4.69, 9.17) is 0 Å². The van der Waals surface area contributed by atoms with Crippen molar-refractivity contribution in [2.45, 2.75) is 25.7 Å². The lowest BCUT2D eigenvalue weighted by molar-refractivity contribution is -0.124. The fraction of sp³-hybridized carbons (Fsp3) is 0.370. The summed E-state index contributed by atoms with van der Waals surface area (Å²) >= 11 is 0. The van der Waals surface area contributed by atoms with E-state index < -0.39 is 0 Å². The molecular formula is C27H31N3O3. The zero-order valence-electron chi connectivity index (χ0n) is 19.1. The maximum atomic E-state index is 12.6. The summed E-state index contributed by atoms with van der Waals surface area (Å²) in [5, 5.41) is 3.16. The van der Waals surface area contributed by atoms with Crippen LogP contribution >= 0.6 is 0 Å². The van der Waals surface area contributed by atoms with Crippen LogP contribution in [0.5, 0.6) is 0 Å². The highest BCUT2D eigenvalue weighted by atomic mass is 16.2. The van der Waals surface area contributed by atoms with Gasteiger partial charge >= 0.3 is 0 Å². The quantitative estimate of drug-likeness (QED) is 0.421. The van der Waals surface area contributed by atoms with Crippen molar-refractivity contribution in [1.29, 1.82) is 0 Å². The Labute approximate surface area is 195 Å². The second kappa shape index (κ2) is 10.6. The van der Waals surface area contributed by atoms with Crippen LogP contribution < -0.4 is 5.32 Å². The molecule has 6 heteroatoms. The van der Waals surface area contributed by atoms with Crippen LogP contribution in [0.2, 0.25) is 0 Å². The van der Waals surface area contributed by atoms with E-state index in [2.05, 4.69) is 10.2 Å². The van der Waals surface area contributed by atoms with E-state index in [-0.39, 0.29) is 29.0 Å². The summed E-state index contributed by atoms with van der Waals surface area (Å²) in [5.74, 6) is -0.122. The molecule has 1 heterocycles. The molecule has 6 nitrogen and oxygen atoms in total. The molecule has 0 unspecified atom stereocenters. The Morgan fingerprint density at radius 1 is 0.939 bits per heavy atom. The smallest absolute Gasteiger partial charge is 0.253 e. The molecule has 2 aliphatic rings. The topological polar surface area (TPSA) is 69.7 Å². The van der Waals surface area contributed by atoms with E-state index in [0.29, 0.717) is 32.5 Å². The molecule has 1 amide bonds. The number of carbonyl (C=O) groups is 3. The average Bonchev–Trinajstić information content (AvgIpc) is 2.84. The highest BCUT2D eigenvalue weighted by Crippen LogP contribution is 2.31. The van der Waals surface area contributed by atoms with Crippen LogP contribution in [0.1, 0.15) is 40.2 Å². The Hall–Kier alpha value is -3.25. The van der Waals surface area contributed by atoms with Gasteiger partial charge in [0.25, 0.3) is 5.91 Å². The van der Waals surface area contributed by atoms with Gasteiger partial charge in [-0.1, -0.05) is 48.0 Å². The van der Waals surface area contributed by atoms with Gasteiger partial charge in [-0.15, -0.1) is 0 Å². The van der Waals surface area contributed by atoms with Crippen molar-refractivity contribution in [2.24, 2.45) is 0 Å². The van der Waals surface area contributed by atoms with Crippen molar-refractivity contribution in [1.82, 2.24) is 15.1 Å². The van der Waals surface area contributed by atoms with E-state index in [9.17, 15) is 14.4 Å². The van der Waals surface area contributed by atoms with Crippen LogP contribution in [0.3, 0.4) is 0 Å². The molecule has 0 spiro atoms. The number of ketones is 2. The predicted molar refractivity (Wildman–Crippen MR) is 128 cm³/mol. The van der Waals surface area contributed by atoms with Crippen molar-refractivity contribution < 1.29 is 14.4 Å². The first kappa shape index (κ1) is 22.9. The fourth-order valence-electron chi connectivity index (χ4n) is 4.47. The van der Waals surface area contributed by atoms with Crippen LogP contribution in [-0.2, 0) is 9.59 Å². The van der Waals surface area contributed by atoms with Gasteiger partial charge in [0.15, 0.2) is 11.6 Å². The SMILES string of the molecule is Cc1ccc(C2CC(=O)C(=CNCCN3CCN(C(=O)c4ccccc4)CC3)C(=O)C2)cc1. The van der Waals surface area contributed by atoms with Gasteiger partial charge in [0, 0.05) is 63.9 Å². The highest BCUT2D eigenvalue weighted by Gasteiger charge is 2.31. The predicted octanol–water partition coefficient (Wildman–Crippen LogP) is 2.94. The molecule has 0 radical (unpaired) electrons. The van der Waals surface area contributed by atoms with Crippen LogP contribution in [-0.4, -0.2) is 66.5 Å². The van der Waals surface area contributed by atoms with Gasteiger partial charge in [0.05, 0.1) is 5.57 Å². The Kier molecular flexibility index (Phi) is 7.35. The summed E-state index contributed by atoms with van der Waals surface area (Å²) in [5.41, 5.74) is 3.24. The monoisotopic (exact) mass is 445 g/mol. The lowest BCUT2D eigenvalue weighted by Crippen LogP contribution is -2.49. The molecular weight excluding hydrogens is 414 g/mol. The zero-order valence-corrected chi connectivity index (χ0v) is 19.1. The number of aryl methyl sites for hydroxylation is 1. The number of carbonyl (C=O) groups excluding carboxylic acids is 3. The number of amides is 1. The van der Waals surface area contributed by atoms with Crippen molar-refractivity contribution in [2.75, 3.05) is 39.3 Å². The molecule has 1 aliphatic carbocycles. The molecule has 1 saturated carbocycles. The second-order valence-electron chi connectivity index (χ2n) is 8.87. The van der Waals surface area contributed by atoms with Crippen LogP contribution in [0.25, 0.3) is 0 Å².